The third-order valence-corrected chi connectivity index (χ3v) is 4.83. The molecule has 0 unspecified atom stereocenters. The standard InChI is InChI=1S/C18H21N3O2S/c1-11(2)23-13-8-6-12(7-9-13)15-14(10-22)21-17(19-15)24-16(20-21)18(3,4)5/h6-11H,1-5H3. The first-order valence-corrected chi connectivity index (χ1v) is 8.73. The summed E-state index contributed by atoms with van der Waals surface area (Å²) in [5, 5.41) is 5.53. The summed E-state index contributed by atoms with van der Waals surface area (Å²) in [5.74, 6) is 0.801. The normalized spacial score (nSPS) is 12.1. The average molecular weight is 343 g/mol. The average Bonchev–Trinajstić information content (AvgIpc) is 3.04. The lowest BCUT2D eigenvalue weighted by Gasteiger charge is -2.12. The van der Waals surface area contributed by atoms with Crippen LogP contribution >= 0.6 is 11.3 Å². The van der Waals surface area contributed by atoms with Crippen LogP contribution in [0.3, 0.4) is 0 Å². The molecule has 24 heavy (non-hydrogen) atoms. The molecule has 1 aromatic carbocycles. The molecule has 0 radical (unpaired) electrons. The number of nitrogens with zero attached hydrogens (tertiary/aromatic N) is 3. The van der Waals surface area contributed by atoms with Gasteiger partial charge in [0.15, 0.2) is 6.29 Å². The van der Waals surface area contributed by atoms with Gasteiger partial charge < -0.3 is 4.74 Å². The molecule has 2 aromatic heterocycles. The SMILES string of the molecule is CC(C)Oc1ccc(-c2nc3sc(C(C)(C)C)nn3c2C=O)cc1. The fourth-order valence-electron chi connectivity index (χ4n) is 2.35. The number of hydrogen-bond acceptors (Lipinski definition) is 5. The molecule has 0 amide bonds. The second-order valence-corrected chi connectivity index (χ2v) is 7.96. The largest absolute Gasteiger partial charge is 0.491 e. The fourth-order valence-corrected chi connectivity index (χ4v) is 3.31. The van der Waals surface area contributed by atoms with Gasteiger partial charge in [0.1, 0.15) is 22.1 Å². The second-order valence-electron chi connectivity index (χ2n) is 7.01. The maximum Gasteiger partial charge on any atom is 0.213 e. The Balaban J connectivity index is 2.03. The molecule has 0 aliphatic heterocycles. The predicted molar refractivity (Wildman–Crippen MR) is 96.2 cm³/mol. The van der Waals surface area contributed by atoms with E-state index in [0.29, 0.717) is 11.4 Å². The van der Waals surface area contributed by atoms with Gasteiger partial charge in [0.2, 0.25) is 4.96 Å². The van der Waals surface area contributed by atoms with Crippen LogP contribution in [0.2, 0.25) is 0 Å². The first-order chi connectivity index (χ1) is 11.3. The van der Waals surface area contributed by atoms with Crippen molar-refractivity contribution < 1.29 is 9.53 Å². The van der Waals surface area contributed by atoms with E-state index in [2.05, 4.69) is 30.9 Å². The summed E-state index contributed by atoms with van der Waals surface area (Å²) >= 11 is 1.52. The lowest BCUT2D eigenvalue weighted by atomic mass is 9.98. The molecule has 0 atom stereocenters. The van der Waals surface area contributed by atoms with Crippen molar-refractivity contribution in [3.05, 3.63) is 35.0 Å². The Bertz CT molecular complexity index is 870. The summed E-state index contributed by atoms with van der Waals surface area (Å²) < 4.78 is 7.30. The van der Waals surface area contributed by atoms with E-state index in [1.807, 2.05) is 38.1 Å². The zero-order valence-corrected chi connectivity index (χ0v) is 15.3. The minimum Gasteiger partial charge on any atom is -0.491 e. The number of carbonyl (C=O) groups excluding carboxylic acids is 1. The third kappa shape index (κ3) is 3.06. The maximum absolute atomic E-state index is 11.6. The zero-order valence-electron chi connectivity index (χ0n) is 14.5. The molecule has 0 aliphatic rings. The maximum atomic E-state index is 11.6. The molecule has 2 heterocycles. The lowest BCUT2D eigenvalue weighted by Crippen LogP contribution is -2.11. The topological polar surface area (TPSA) is 56.5 Å². The molecule has 0 bridgehead atoms. The number of imidazole rings is 1. The highest BCUT2D eigenvalue weighted by molar-refractivity contribution is 7.16. The molecule has 0 aliphatic carbocycles. The highest BCUT2D eigenvalue weighted by Gasteiger charge is 2.23. The van der Waals surface area contributed by atoms with Gasteiger partial charge in [-0.15, -0.1) is 0 Å². The molecule has 3 rings (SSSR count). The molecule has 0 saturated heterocycles. The van der Waals surface area contributed by atoms with Gasteiger partial charge in [-0.05, 0) is 38.1 Å². The molecular formula is C18H21N3O2S. The molecule has 126 valence electrons. The molecule has 3 aromatic rings. The number of carbonyl (C=O) groups is 1. The van der Waals surface area contributed by atoms with E-state index in [0.717, 1.165) is 27.6 Å². The summed E-state index contributed by atoms with van der Waals surface area (Å²) in [7, 11) is 0. The van der Waals surface area contributed by atoms with Gasteiger partial charge in [0.25, 0.3) is 0 Å². The van der Waals surface area contributed by atoms with Crippen LogP contribution in [0.25, 0.3) is 16.2 Å². The molecule has 6 heteroatoms. The van der Waals surface area contributed by atoms with E-state index in [9.17, 15) is 4.79 Å². The number of aldehydes is 1. The highest BCUT2D eigenvalue weighted by atomic mass is 32.1. The Labute approximate surface area is 145 Å². The van der Waals surface area contributed by atoms with Crippen LogP contribution in [-0.2, 0) is 5.41 Å². The monoisotopic (exact) mass is 343 g/mol. The molecule has 0 saturated carbocycles. The van der Waals surface area contributed by atoms with Crippen molar-refractivity contribution in [3.63, 3.8) is 0 Å². The van der Waals surface area contributed by atoms with Crippen LogP contribution in [0, 0.1) is 0 Å². The summed E-state index contributed by atoms with van der Waals surface area (Å²) in [5.41, 5.74) is 1.94. The summed E-state index contributed by atoms with van der Waals surface area (Å²) in [6.07, 6.45) is 0.944. The first-order valence-electron chi connectivity index (χ1n) is 7.92. The van der Waals surface area contributed by atoms with E-state index in [1.165, 1.54) is 11.3 Å². The highest BCUT2D eigenvalue weighted by Crippen LogP contribution is 2.31. The van der Waals surface area contributed by atoms with Crippen LogP contribution in [0.1, 0.15) is 50.1 Å². The van der Waals surface area contributed by atoms with Gasteiger partial charge in [-0.1, -0.05) is 32.1 Å². The number of ether oxygens (including phenoxy) is 1. The number of rotatable bonds is 4. The Morgan fingerprint density at radius 2 is 1.88 bits per heavy atom. The van der Waals surface area contributed by atoms with Crippen molar-refractivity contribution >= 4 is 22.6 Å². The minimum atomic E-state index is -0.0679. The summed E-state index contributed by atoms with van der Waals surface area (Å²) in [6, 6.07) is 7.63. The van der Waals surface area contributed by atoms with E-state index in [-0.39, 0.29) is 11.5 Å². The van der Waals surface area contributed by atoms with Gasteiger partial charge in [-0.3, -0.25) is 4.79 Å². The number of benzene rings is 1. The van der Waals surface area contributed by atoms with Crippen molar-refractivity contribution in [1.29, 1.82) is 0 Å². The van der Waals surface area contributed by atoms with Crippen LogP contribution < -0.4 is 4.74 Å². The number of aromatic nitrogens is 3. The van der Waals surface area contributed by atoms with Crippen molar-refractivity contribution in [1.82, 2.24) is 14.6 Å². The Hall–Kier alpha value is -2.21. The van der Waals surface area contributed by atoms with Crippen LogP contribution in [0.15, 0.2) is 24.3 Å². The first kappa shape index (κ1) is 16.6. The minimum absolute atomic E-state index is 0.0679. The van der Waals surface area contributed by atoms with Crippen molar-refractivity contribution in [2.24, 2.45) is 0 Å². The van der Waals surface area contributed by atoms with Gasteiger partial charge in [0, 0.05) is 11.0 Å². The summed E-state index contributed by atoms with van der Waals surface area (Å²) in [4.78, 5) is 17.0. The zero-order chi connectivity index (χ0) is 17.5. The van der Waals surface area contributed by atoms with E-state index < -0.39 is 0 Å². The summed E-state index contributed by atoms with van der Waals surface area (Å²) in [6.45, 7) is 10.3. The van der Waals surface area contributed by atoms with Crippen LogP contribution in [0.4, 0.5) is 0 Å². The Kier molecular flexibility index (Phi) is 4.17. The quantitative estimate of drug-likeness (QED) is 0.661. The van der Waals surface area contributed by atoms with Crippen molar-refractivity contribution in [2.45, 2.75) is 46.1 Å². The number of hydrogen-bond donors (Lipinski definition) is 0. The smallest absolute Gasteiger partial charge is 0.213 e. The second kappa shape index (κ2) is 6.02. The molecule has 0 N–H and O–H groups in total. The van der Waals surface area contributed by atoms with Gasteiger partial charge in [0.05, 0.1) is 6.10 Å². The van der Waals surface area contributed by atoms with Crippen LogP contribution in [-0.4, -0.2) is 27.0 Å². The lowest BCUT2D eigenvalue weighted by molar-refractivity contribution is 0.111. The van der Waals surface area contributed by atoms with E-state index in [1.54, 1.807) is 4.52 Å². The number of fused-ring (bicyclic) bond motifs is 1. The Morgan fingerprint density at radius 3 is 2.42 bits per heavy atom. The molecule has 0 spiro atoms. The van der Waals surface area contributed by atoms with E-state index in [4.69, 9.17) is 4.74 Å². The van der Waals surface area contributed by atoms with Crippen molar-refractivity contribution in [3.8, 4) is 17.0 Å². The van der Waals surface area contributed by atoms with Crippen LogP contribution in [0.5, 0.6) is 5.75 Å². The van der Waals surface area contributed by atoms with E-state index >= 15 is 0 Å². The molecule has 5 nitrogen and oxygen atoms in total. The fraction of sp³-hybridized carbons (Fsp3) is 0.389. The van der Waals surface area contributed by atoms with Gasteiger partial charge in [-0.25, -0.2) is 4.98 Å². The third-order valence-electron chi connectivity index (χ3n) is 3.49. The predicted octanol–water partition coefficient (Wildman–Crippen LogP) is 4.36. The van der Waals surface area contributed by atoms with Gasteiger partial charge >= 0.3 is 0 Å². The van der Waals surface area contributed by atoms with Crippen molar-refractivity contribution in [2.75, 3.05) is 0 Å². The molecule has 0 fully saturated rings. The Morgan fingerprint density at radius 1 is 1.21 bits per heavy atom. The molecular weight excluding hydrogens is 322 g/mol. The van der Waals surface area contributed by atoms with Gasteiger partial charge in [-0.2, -0.15) is 9.61 Å².